The predicted molar refractivity (Wildman–Crippen MR) is 100 cm³/mol. The van der Waals surface area contributed by atoms with Crippen LogP contribution in [0.15, 0.2) is 64.0 Å². The molecular weight excluding hydrogens is 385 g/mol. The van der Waals surface area contributed by atoms with Crippen LogP contribution in [0.3, 0.4) is 0 Å². The lowest BCUT2D eigenvalue weighted by Crippen LogP contribution is -2.27. The molecule has 3 aromatic rings. The summed E-state index contributed by atoms with van der Waals surface area (Å²) in [6, 6.07) is 13.8. The molecule has 146 valence electrons. The number of carbonyl (C=O) groups is 1. The molecule has 0 atom stereocenters. The van der Waals surface area contributed by atoms with E-state index in [0.29, 0.717) is 18.7 Å². The summed E-state index contributed by atoms with van der Waals surface area (Å²) >= 11 is 0. The molecule has 28 heavy (non-hydrogen) atoms. The SMILES string of the molecule is NS(=O)(=O)c1ccc(CCNC(=O)Cc2cc(-c3ccccc3F)on2)cc1. The van der Waals surface area contributed by atoms with E-state index in [-0.39, 0.29) is 28.5 Å². The van der Waals surface area contributed by atoms with Gasteiger partial charge in [-0.15, -0.1) is 0 Å². The van der Waals surface area contributed by atoms with Crippen LogP contribution < -0.4 is 10.5 Å². The van der Waals surface area contributed by atoms with Gasteiger partial charge in [-0.1, -0.05) is 29.4 Å². The second-order valence-corrected chi connectivity index (χ2v) is 7.69. The van der Waals surface area contributed by atoms with Crippen molar-refractivity contribution in [2.45, 2.75) is 17.7 Å². The highest BCUT2D eigenvalue weighted by atomic mass is 32.2. The summed E-state index contributed by atoms with van der Waals surface area (Å²) in [5, 5.41) is 11.6. The van der Waals surface area contributed by atoms with Crippen molar-refractivity contribution >= 4 is 15.9 Å². The first-order valence-electron chi connectivity index (χ1n) is 8.42. The van der Waals surface area contributed by atoms with Gasteiger partial charge in [0.15, 0.2) is 5.76 Å². The highest BCUT2D eigenvalue weighted by Gasteiger charge is 2.13. The van der Waals surface area contributed by atoms with Crippen molar-refractivity contribution in [3.63, 3.8) is 0 Å². The molecule has 7 nitrogen and oxygen atoms in total. The molecule has 0 radical (unpaired) electrons. The number of hydrogen-bond donors (Lipinski definition) is 2. The molecule has 0 aliphatic rings. The molecule has 3 N–H and O–H groups in total. The summed E-state index contributed by atoms with van der Waals surface area (Å²) in [6.07, 6.45) is 0.526. The summed E-state index contributed by atoms with van der Waals surface area (Å²) in [7, 11) is -3.72. The van der Waals surface area contributed by atoms with E-state index in [1.165, 1.54) is 24.3 Å². The predicted octanol–water partition coefficient (Wildman–Crippen LogP) is 2.03. The number of aromatic nitrogens is 1. The van der Waals surface area contributed by atoms with Crippen LogP contribution in [0.5, 0.6) is 0 Å². The van der Waals surface area contributed by atoms with E-state index in [1.54, 1.807) is 30.3 Å². The third kappa shape index (κ3) is 5.02. The molecule has 0 saturated heterocycles. The topological polar surface area (TPSA) is 115 Å². The molecule has 1 aromatic heterocycles. The van der Waals surface area contributed by atoms with E-state index in [4.69, 9.17) is 9.66 Å². The van der Waals surface area contributed by atoms with E-state index >= 15 is 0 Å². The van der Waals surface area contributed by atoms with Crippen LogP contribution in [0, 0.1) is 5.82 Å². The number of nitrogens with zero attached hydrogens (tertiary/aromatic N) is 1. The zero-order valence-corrected chi connectivity index (χ0v) is 15.6. The Hall–Kier alpha value is -3.04. The summed E-state index contributed by atoms with van der Waals surface area (Å²) in [6.45, 7) is 0.367. The van der Waals surface area contributed by atoms with Crippen LogP contribution in [-0.2, 0) is 27.7 Å². The van der Waals surface area contributed by atoms with Gasteiger partial charge in [-0.25, -0.2) is 17.9 Å². The first kappa shape index (κ1) is 19.7. The maximum absolute atomic E-state index is 13.8. The van der Waals surface area contributed by atoms with Crippen LogP contribution in [0.1, 0.15) is 11.3 Å². The minimum Gasteiger partial charge on any atom is -0.356 e. The molecule has 0 fully saturated rings. The molecule has 0 unspecified atom stereocenters. The average Bonchev–Trinajstić information content (AvgIpc) is 3.10. The Kier molecular flexibility index (Phi) is 5.86. The fourth-order valence-electron chi connectivity index (χ4n) is 2.60. The summed E-state index contributed by atoms with van der Waals surface area (Å²) in [4.78, 5) is 12.1. The van der Waals surface area contributed by atoms with Gasteiger partial charge in [0.1, 0.15) is 5.82 Å². The van der Waals surface area contributed by atoms with Crippen molar-refractivity contribution in [2.75, 3.05) is 6.54 Å². The Morgan fingerprint density at radius 3 is 2.54 bits per heavy atom. The number of benzene rings is 2. The largest absolute Gasteiger partial charge is 0.356 e. The molecule has 9 heteroatoms. The van der Waals surface area contributed by atoms with Crippen LogP contribution in [0.2, 0.25) is 0 Å². The highest BCUT2D eigenvalue weighted by Crippen LogP contribution is 2.23. The van der Waals surface area contributed by atoms with E-state index in [1.807, 2.05) is 0 Å². The van der Waals surface area contributed by atoms with Crippen molar-refractivity contribution in [3.8, 4) is 11.3 Å². The van der Waals surface area contributed by atoms with Gasteiger partial charge in [0.05, 0.1) is 22.6 Å². The Bertz CT molecular complexity index is 1080. The lowest BCUT2D eigenvalue weighted by Gasteiger charge is -2.05. The van der Waals surface area contributed by atoms with Crippen molar-refractivity contribution in [3.05, 3.63) is 71.7 Å². The van der Waals surface area contributed by atoms with Crippen molar-refractivity contribution < 1.29 is 22.1 Å². The first-order valence-corrected chi connectivity index (χ1v) is 9.96. The maximum atomic E-state index is 13.8. The smallest absolute Gasteiger partial charge is 0.238 e. The standard InChI is InChI=1S/C19H18FN3O4S/c20-17-4-2-1-3-16(17)18-11-14(23-27-18)12-19(24)22-10-9-13-5-7-15(8-6-13)28(21,25)26/h1-8,11H,9-10,12H2,(H,22,24)(H2,21,25,26). The molecule has 0 bridgehead atoms. The van der Waals surface area contributed by atoms with Gasteiger partial charge in [-0.3, -0.25) is 4.79 Å². The third-order valence-electron chi connectivity index (χ3n) is 4.03. The summed E-state index contributed by atoms with van der Waals surface area (Å²) < 4.78 is 41.3. The van der Waals surface area contributed by atoms with Crippen LogP contribution in [-0.4, -0.2) is 26.0 Å². The number of hydrogen-bond acceptors (Lipinski definition) is 5. The number of sulfonamides is 1. The van der Waals surface area contributed by atoms with E-state index in [9.17, 15) is 17.6 Å². The average molecular weight is 403 g/mol. The Morgan fingerprint density at radius 2 is 1.86 bits per heavy atom. The third-order valence-corrected chi connectivity index (χ3v) is 4.96. The van der Waals surface area contributed by atoms with Gasteiger partial charge in [0, 0.05) is 12.6 Å². The number of amides is 1. The summed E-state index contributed by atoms with van der Waals surface area (Å²) in [5.74, 6) is -0.423. The molecule has 3 rings (SSSR count). The Morgan fingerprint density at radius 1 is 1.14 bits per heavy atom. The Balaban J connectivity index is 1.51. The molecule has 0 aliphatic carbocycles. The molecule has 1 amide bonds. The lowest BCUT2D eigenvalue weighted by atomic mass is 10.1. The lowest BCUT2D eigenvalue weighted by molar-refractivity contribution is -0.120. The second-order valence-electron chi connectivity index (χ2n) is 6.13. The van der Waals surface area contributed by atoms with Gasteiger partial charge >= 0.3 is 0 Å². The normalized spacial score (nSPS) is 11.4. The molecule has 0 saturated carbocycles. The summed E-state index contributed by atoms with van der Waals surface area (Å²) in [5.41, 5.74) is 1.54. The molecule has 0 spiro atoms. The van der Waals surface area contributed by atoms with Gasteiger partial charge < -0.3 is 9.84 Å². The van der Waals surface area contributed by atoms with Gasteiger partial charge in [-0.05, 0) is 36.2 Å². The number of carbonyl (C=O) groups excluding carboxylic acids is 1. The monoisotopic (exact) mass is 403 g/mol. The molecule has 2 aromatic carbocycles. The quantitative estimate of drug-likeness (QED) is 0.626. The second kappa shape index (κ2) is 8.32. The van der Waals surface area contributed by atoms with Crippen LogP contribution in [0.4, 0.5) is 4.39 Å². The number of nitrogens with two attached hydrogens (primary N) is 1. The van der Waals surface area contributed by atoms with Crippen molar-refractivity contribution in [2.24, 2.45) is 5.14 Å². The van der Waals surface area contributed by atoms with E-state index in [0.717, 1.165) is 5.56 Å². The van der Waals surface area contributed by atoms with E-state index in [2.05, 4.69) is 10.5 Å². The van der Waals surface area contributed by atoms with E-state index < -0.39 is 15.8 Å². The fourth-order valence-corrected chi connectivity index (χ4v) is 3.12. The number of halogens is 1. The van der Waals surface area contributed by atoms with Gasteiger partial charge in [-0.2, -0.15) is 0 Å². The van der Waals surface area contributed by atoms with Crippen molar-refractivity contribution in [1.82, 2.24) is 10.5 Å². The number of primary sulfonamides is 1. The molecule has 0 aliphatic heterocycles. The minimum absolute atomic E-state index is 0.00229. The number of rotatable bonds is 7. The van der Waals surface area contributed by atoms with Gasteiger partial charge in [0.2, 0.25) is 15.9 Å². The molecule has 1 heterocycles. The van der Waals surface area contributed by atoms with Crippen molar-refractivity contribution in [1.29, 1.82) is 0 Å². The fraction of sp³-hybridized carbons (Fsp3) is 0.158. The zero-order valence-electron chi connectivity index (χ0n) is 14.8. The van der Waals surface area contributed by atoms with Gasteiger partial charge in [0.25, 0.3) is 0 Å². The Labute approximate surface area is 161 Å². The first-order chi connectivity index (χ1) is 13.3. The highest BCUT2D eigenvalue weighted by molar-refractivity contribution is 7.89. The zero-order chi connectivity index (χ0) is 20.1. The van der Waals surface area contributed by atoms with Crippen LogP contribution >= 0.6 is 0 Å². The molecular formula is C19H18FN3O4S. The maximum Gasteiger partial charge on any atom is 0.238 e. The van der Waals surface area contributed by atoms with Crippen LogP contribution in [0.25, 0.3) is 11.3 Å². The minimum atomic E-state index is -3.72. The number of nitrogens with one attached hydrogen (secondary N) is 1.